The number of benzene rings is 1. The van der Waals surface area contributed by atoms with Crippen molar-refractivity contribution in [1.82, 2.24) is 19.7 Å². The Hall–Kier alpha value is -2.97. The number of likely N-dealkylation sites (tertiary alicyclic amines) is 1. The molecule has 158 valence electrons. The highest BCUT2D eigenvalue weighted by atomic mass is 16.6. The standard InChI is InChI=1S/C21H26N6O3/c28-21(25-9-1-2-10-25)18-13-17(5-6-19(18)27(29)30)24-11-7-15(8-12-24)20-23-22-14-26(20)16-3-4-16/h5-6,13-16H,1-4,7-12H2. The smallest absolute Gasteiger partial charge is 0.282 e. The molecule has 30 heavy (non-hydrogen) atoms. The van der Waals surface area contributed by atoms with E-state index in [2.05, 4.69) is 19.7 Å². The van der Waals surface area contributed by atoms with Gasteiger partial charge < -0.3 is 14.4 Å². The number of hydrogen-bond acceptors (Lipinski definition) is 6. The lowest BCUT2D eigenvalue weighted by molar-refractivity contribution is -0.385. The van der Waals surface area contributed by atoms with Crippen molar-refractivity contribution < 1.29 is 9.72 Å². The maximum Gasteiger partial charge on any atom is 0.282 e. The predicted octanol–water partition coefficient (Wildman–Crippen LogP) is 3.14. The first-order chi connectivity index (χ1) is 14.6. The van der Waals surface area contributed by atoms with E-state index in [0.29, 0.717) is 25.0 Å². The number of nitrogens with zero attached hydrogens (tertiary/aromatic N) is 6. The third-order valence-corrected chi connectivity index (χ3v) is 6.57. The number of piperidine rings is 1. The molecule has 5 rings (SSSR count). The Morgan fingerprint density at radius 1 is 1.07 bits per heavy atom. The maximum atomic E-state index is 12.9. The van der Waals surface area contributed by atoms with Gasteiger partial charge in [-0.1, -0.05) is 0 Å². The lowest BCUT2D eigenvalue weighted by Crippen LogP contribution is -2.34. The number of nitro benzene ring substituents is 1. The average Bonchev–Trinajstić information content (AvgIpc) is 3.26. The molecular weight excluding hydrogens is 384 g/mol. The summed E-state index contributed by atoms with van der Waals surface area (Å²) in [5.74, 6) is 1.24. The summed E-state index contributed by atoms with van der Waals surface area (Å²) in [5.41, 5.74) is 0.975. The van der Waals surface area contributed by atoms with Crippen LogP contribution in [0.2, 0.25) is 0 Å². The molecule has 1 amide bonds. The molecule has 2 aromatic rings. The fraction of sp³-hybridized carbons (Fsp3) is 0.571. The summed E-state index contributed by atoms with van der Waals surface area (Å²) in [6, 6.07) is 5.54. The molecule has 0 unspecified atom stereocenters. The molecule has 3 aliphatic rings. The summed E-state index contributed by atoms with van der Waals surface area (Å²) in [7, 11) is 0. The summed E-state index contributed by atoms with van der Waals surface area (Å²) in [5, 5.41) is 20.0. The molecule has 0 radical (unpaired) electrons. The number of nitro groups is 1. The van der Waals surface area contributed by atoms with Gasteiger partial charge in [-0.25, -0.2) is 0 Å². The Balaban J connectivity index is 1.33. The molecule has 1 aromatic carbocycles. The van der Waals surface area contributed by atoms with E-state index in [9.17, 15) is 14.9 Å². The number of hydrogen-bond donors (Lipinski definition) is 0. The van der Waals surface area contributed by atoms with Gasteiger partial charge in [-0.05, 0) is 50.7 Å². The molecule has 9 heteroatoms. The Morgan fingerprint density at radius 2 is 1.80 bits per heavy atom. The summed E-state index contributed by atoms with van der Waals surface area (Å²) in [6.07, 6.45) is 8.10. The van der Waals surface area contributed by atoms with Crippen LogP contribution in [-0.4, -0.2) is 56.7 Å². The van der Waals surface area contributed by atoms with Crippen molar-refractivity contribution in [2.45, 2.75) is 50.5 Å². The van der Waals surface area contributed by atoms with Crippen LogP contribution in [0.25, 0.3) is 0 Å². The topological polar surface area (TPSA) is 97.4 Å². The van der Waals surface area contributed by atoms with Gasteiger partial charge in [0.1, 0.15) is 17.7 Å². The van der Waals surface area contributed by atoms with Crippen LogP contribution < -0.4 is 4.90 Å². The van der Waals surface area contributed by atoms with Gasteiger partial charge in [0.15, 0.2) is 0 Å². The molecule has 1 aromatic heterocycles. The van der Waals surface area contributed by atoms with Gasteiger partial charge in [0.2, 0.25) is 0 Å². The number of aromatic nitrogens is 3. The molecule has 0 N–H and O–H groups in total. The molecule has 3 heterocycles. The third-order valence-electron chi connectivity index (χ3n) is 6.57. The second-order valence-electron chi connectivity index (χ2n) is 8.55. The zero-order valence-electron chi connectivity index (χ0n) is 16.9. The van der Waals surface area contributed by atoms with Gasteiger partial charge in [0, 0.05) is 49.9 Å². The van der Waals surface area contributed by atoms with Crippen LogP contribution >= 0.6 is 0 Å². The minimum absolute atomic E-state index is 0.108. The van der Waals surface area contributed by atoms with E-state index in [1.54, 1.807) is 17.0 Å². The Morgan fingerprint density at radius 3 is 2.47 bits per heavy atom. The lowest BCUT2D eigenvalue weighted by Gasteiger charge is -2.33. The highest BCUT2D eigenvalue weighted by Crippen LogP contribution is 2.39. The van der Waals surface area contributed by atoms with Crippen molar-refractivity contribution in [1.29, 1.82) is 0 Å². The molecule has 2 aliphatic heterocycles. The maximum absolute atomic E-state index is 12.9. The Kier molecular flexibility index (Phi) is 4.88. The highest BCUT2D eigenvalue weighted by Gasteiger charge is 2.32. The van der Waals surface area contributed by atoms with E-state index < -0.39 is 4.92 Å². The van der Waals surface area contributed by atoms with Crippen molar-refractivity contribution in [3.63, 3.8) is 0 Å². The molecule has 0 bridgehead atoms. The average molecular weight is 410 g/mol. The fourth-order valence-corrected chi connectivity index (χ4v) is 4.72. The SMILES string of the molecule is O=C(c1cc(N2CCC(c3nncn3C3CC3)CC2)ccc1[N+](=O)[O-])N1CCCC1. The van der Waals surface area contributed by atoms with E-state index in [-0.39, 0.29) is 17.2 Å². The zero-order valence-corrected chi connectivity index (χ0v) is 16.9. The molecule has 3 fully saturated rings. The molecule has 0 atom stereocenters. The van der Waals surface area contributed by atoms with Gasteiger partial charge in [-0.2, -0.15) is 0 Å². The molecule has 2 saturated heterocycles. The van der Waals surface area contributed by atoms with Crippen LogP contribution in [0.4, 0.5) is 11.4 Å². The number of carbonyl (C=O) groups excluding carboxylic acids is 1. The van der Waals surface area contributed by atoms with E-state index in [1.165, 1.54) is 18.9 Å². The van der Waals surface area contributed by atoms with E-state index in [1.807, 2.05) is 6.33 Å². The van der Waals surface area contributed by atoms with E-state index in [4.69, 9.17) is 0 Å². The Bertz CT molecular complexity index is 955. The number of carbonyl (C=O) groups is 1. The lowest BCUT2D eigenvalue weighted by atomic mass is 9.95. The van der Waals surface area contributed by atoms with Crippen LogP contribution in [0, 0.1) is 10.1 Å². The van der Waals surface area contributed by atoms with Crippen molar-refractivity contribution in [2.75, 3.05) is 31.1 Å². The first-order valence-corrected chi connectivity index (χ1v) is 10.8. The molecule has 1 saturated carbocycles. The summed E-state index contributed by atoms with van der Waals surface area (Å²) in [6.45, 7) is 3.01. The third kappa shape index (κ3) is 3.53. The fourth-order valence-electron chi connectivity index (χ4n) is 4.72. The highest BCUT2D eigenvalue weighted by molar-refractivity contribution is 5.99. The van der Waals surface area contributed by atoms with Crippen LogP contribution in [0.5, 0.6) is 0 Å². The van der Waals surface area contributed by atoms with Gasteiger partial charge >= 0.3 is 0 Å². The van der Waals surface area contributed by atoms with Gasteiger partial charge in [0.05, 0.1) is 4.92 Å². The van der Waals surface area contributed by atoms with Crippen molar-refractivity contribution >= 4 is 17.3 Å². The van der Waals surface area contributed by atoms with E-state index in [0.717, 1.165) is 50.3 Å². The quantitative estimate of drug-likeness (QED) is 0.555. The summed E-state index contributed by atoms with van der Waals surface area (Å²) < 4.78 is 2.24. The van der Waals surface area contributed by atoms with E-state index >= 15 is 0 Å². The predicted molar refractivity (Wildman–Crippen MR) is 111 cm³/mol. The summed E-state index contributed by atoms with van der Waals surface area (Å²) >= 11 is 0. The number of anilines is 1. The minimum Gasteiger partial charge on any atom is -0.371 e. The molecule has 9 nitrogen and oxygen atoms in total. The van der Waals surface area contributed by atoms with Gasteiger partial charge in [-0.15, -0.1) is 10.2 Å². The number of amides is 1. The summed E-state index contributed by atoms with van der Waals surface area (Å²) in [4.78, 5) is 27.9. The molecule has 0 spiro atoms. The van der Waals surface area contributed by atoms with Crippen LogP contribution in [-0.2, 0) is 0 Å². The second kappa shape index (κ2) is 7.70. The first-order valence-electron chi connectivity index (χ1n) is 10.8. The number of rotatable bonds is 5. The van der Waals surface area contributed by atoms with Crippen LogP contribution in [0.15, 0.2) is 24.5 Å². The zero-order chi connectivity index (χ0) is 20.7. The van der Waals surface area contributed by atoms with Crippen molar-refractivity contribution in [2.24, 2.45) is 0 Å². The minimum atomic E-state index is -0.454. The molecular formula is C21H26N6O3. The van der Waals surface area contributed by atoms with Gasteiger partial charge in [-0.3, -0.25) is 14.9 Å². The van der Waals surface area contributed by atoms with Crippen molar-refractivity contribution in [3.8, 4) is 0 Å². The van der Waals surface area contributed by atoms with Crippen LogP contribution in [0.3, 0.4) is 0 Å². The van der Waals surface area contributed by atoms with Gasteiger partial charge in [0.25, 0.3) is 11.6 Å². The van der Waals surface area contributed by atoms with Crippen molar-refractivity contribution in [3.05, 3.63) is 46.0 Å². The first kappa shape index (κ1) is 19.0. The Labute approximate surface area is 174 Å². The second-order valence-corrected chi connectivity index (χ2v) is 8.55. The van der Waals surface area contributed by atoms with Crippen LogP contribution in [0.1, 0.15) is 66.7 Å². The monoisotopic (exact) mass is 410 g/mol. The normalized spacial score (nSPS) is 20.0. The largest absolute Gasteiger partial charge is 0.371 e. The molecule has 1 aliphatic carbocycles.